The zero-order valence-electron chi connectivity index (χ0n) is 3.24. The third-order valence-electron chi connectivity index (χ3n) is 0. The summed E-state index contributed by atoms with van der Waals surface area (Å²) in [5, 5.41) is 0. The Hall–Kier alpha value is 3.53. The van der Waals surface area contributed by atoms with Gasteiger partial charge in [0.25, 0.3) is 0 Å². The van der Waals surface area contributed by atoms with Gasteiger partial charge >= 0.3 is 21.1 Å². The standard InChI is InChI=1S/4HI.2H3N.Pt/h4*1H;2*1H3;/q;;;;;;+4/p-4. The molecule has 0 saturated heterocycles. The molecule has 0 aromatic rings. The maximum absolute atomic E-state index is 0. The molecule has 7 heteroatoms. The van der Waals surface area contributed by atoms with E-state index in [9.17, 15) is 0 Å². The maximum atomic E-state index is 0. The average Bonchev–Trinajstić information content (AvgIpc) is 0. The molecule has 0 rings (SSSR count). The Morgan fingerprint density at radius 3 is 0.429 bits per heavy atom. The molecule has 0 fully saturated rings. The van der Waals surface area contributed by atoms with Crippen LogP contribution >= 0.6 is 0 Å². The predicted molar refractivity (Wildman–Crippen MR) is 10.0 cm³/mol. The Morgan fingerprint density at radius 2 is 0.429 bits per heavy atom. The first-order valence-electron chi connectivity index (χ1n) is 0. The minimum absolute atomic E-state index is 0. The van der Waals surface area contributed by atoms with Gasteiger partial charge in [-0.15, -0.1) is 0 Å². The van der Waals surface area contributed by atoms with Crippen LogP contribution < -0.4 is 108 Å². The molecular formula is H6I4N2Pt. The molecule has 0 saturated carbocycles. The van der Waals surface area contributed by atoms with Crippen molar-refractivity contribution in [2.45, 2.75) is 0 Å². The third kappa shape index (κ3) is 43.4. The van der Waals surface area contributed by atoms with Gasteiger partial charge in [0, 0.05) is 0 Å². The molecule has 0 radical (unpaired) electrons. The molecule has 7 heavy (non-hydrogen) atoms. The van der Waals surface area contributed by atoms with Gasteiger partial charge in [-0.2, -0.15) is 0 Å². The molecule has 0 aromatic carbocycles. The molecule has 0 unspecified atom stereocenters. The van der Waals surface area contributed by atoms with Crippen LogP contribution in [0, 0.1) is 0 Å². The Bertz CT molecular complexity index is 9.65. The van der Waals surface area contributed by atoms with Crippen LogP contribution in [-0.4, -0.2) is 0 Å². The normalized spacial score (nSPS) is 0. The quantitative estimate of drug-likeness (QED) is 0.243. The van der Waals surface area contributed by atoms with E-state index in [1.165, 1.54) is 0 Å². The van der Waals surface area contributed by atoms with Crippen LogP contribution in [0.3, 0.4) is 0 Å². The molecule has 0 aliphatic rings. The van der Waals surface area contributed by atoms with Gasteiger partial charge in [-0.3, -0.25) is 0 Å². The zero-order valence-corrected chi connectivity index (χ0v) is 14.1. The first kappa shape index (κ1) is 76.8. The number of rotatable bonds is 0. The van der Waals surface area contributed by atoms with Gasteiger partial charge in [0.05, 0.1) is 0 Å². The van der Waals surface area contributed by atoms with Crippen molar-refractivity contribution in [1.82, 2.24) is 12.3 Å². The largest absolute Gasteiger partial charge is 4.00 e. The molecule has 0 atom stereocenters. The molecule has 0 aromatic heterocycles. The fraction of sp³-hybridized carbons (Fsp3) is 0. The summed E-state index contributed by atoms with van der Waals surface area (Å²) in [5.74, 6) is 0. The Labute approximate surface area is 127 Å². The summed E-state index contributed by atoms with van der Waals surface area (Å²) in [5.41, 5.74) is 0. The van der Waals surface area contributed by atoms with E-state index in [1.807, 2.05) is 0 Å². The van der Waals surface area contributed by atoms with E-state index < -0.39 is 0 Å². The maximum Gasteiger partial charge on any atom is 4.00 e. The predicted octanol–water partition coefficient (Wildman–Crippen LogP) is -11.7. The van der Waals surface area contributed by atoms with E-state index in [0.29, 0.717) is 0 Å². The van der Waals surface area contributed by atoms with E-state index in [1.54, 1.807) is 0 Å². The van der Waals surface area contributed by atoms with Gasteiger partial charge in [-0.05, 0) is 0 Å². The van der Waals surface area contributed by atoms with Crippen LogP contribution in [0.1, 0.15) is 0 Å². The van der Waals surface area contributed by atoms with Crippen LogP contribution in [0.4, 0.5) is 0 Å². The summed E-state index contributed by atoms with van der Waals surface area (Å²) < 4.78 is 0. The molecule has 0 heterocycles. The van der Waals surface area contributed by atoms with Crippen LogP contribution in [-0.2, 0) is 21.1 Å². The topological polar surface area (TPSA) is 70.0 Å². The molecular weight excluding hydrogens is 731 g/mol. The Balaban J connectivity index is 0. The molecule has 0 amide bonds. The van der Waals surface area contributed by atoms with E-state index in [4.69, 9.17) is 0 Å². The van der Waals surface area contributed by atoms with Crippen molar-refractivity contribution >= 4 is 0 Å². The van der Waals surface area contributed by atoms with E-state index in [2.05, 4.69) is 0 Å². The monoisotopic (exact) mass is 737 g/mol. The minimum Gasteiger partial charge on any atom is -1.00 e. The van der Waals surface area contributed by atoms with E-state index in [-0.39, 0.29) is 129 Å². The number of halogens is 4. The van der Waals surface area contributed by atoms with Crippen LogP contribution in [0.25, 0.3) is 0 Å². The van der Waals surface area contributed by atoms with Crippen molar-refractivity contribution in [3.8, 4) is 0 Å². The third-order valence-corrected chi connectivity index (χ3v) is 0. The summed E-state index contributed by atoms with van der Waals surface area (Å²) >= 11 is 0. The summed E-state index contributed by atoms with van der Waals surface area (Å²) in [6.07, 6.45) is 0. The number of hydrogen-bond acceptors (Lipinski definition) is 2. The van der Waals surface area contributed by atoms with E-state index in [0.717, 1.165) is 0 Å². The smallest absolute Gasteiger partial charge is 1.00 e. The van der Waals surface area contributed by atoms with Crippen molar-refractivity contribution in [3.63, 3.8) is 0 Å². The van der Waals surface area contributed by atoms with Gasteiger partial charge < -0.3 is 108 Å². The van der Waals surface area contributed by atoms with Crippen molar-refractivity contribution in [3.05, 3.63) is 0 Å². The second-order valence-corrected chi connectivity index (χ2v) is 0. The zero-order chi connectivity index (χ0) is 0. The second-order valence-electron chi connectivity index (χ2n) is 0. The summed E-state index contributed by atoms with van der Waals surface area (Å²) in [7, 11) is 0. The molecule has 0 spiro atoms. The van der Waals surface area contributed by atoms with Crippen LogP contribution in [0.2, 0.25) is 0 Å². The van der Waals surface area contributed by atoms with Crippen LogP contribution in [0.5, 0.6) is 0 Å². The summed E-state index contributed by atoms with van der Waals surface area (Å²) in [6.45, 7) is 0. The van der Waals surface area contributed by atoms with Gasteiger partial charge in [-0.25, -0.2) is 0 Å². The first-order chi connectivity index (χ1) is 0. The summed E-state index contributed by atoms with van der Waals surface area (Å²) in [6, 6.07) is 0. The molecule has 2 nitrogen and oxygen atoms in total. The molecule has 0 aliphatic heterocycles. The van der Waals surface area contributed by atoms with Crippen LogP contribution in [0.15, 0.2) is 0 Å². The van der Waals surface area contributed by atoms with Crippen molar-refractivity contribution in [2.24, 2.45) is 0 Å². The van der Waals surface area contributed by atoms with Crippen molar-refractivity contribution in [2.75, 3.05) is 0 Å². The van der Waals surface area contributed by atoms with Gasteiger partial charge in [0.1, 0.15) is 0 Å². The van der Waals surface area contributed by atoms with Gasteiger partial charge in [0.15, 0.2) is 0 Å². The first-order valence-corrected chi connectivity index (χ1v) is 0. The fourth-order valence-electron chi connectivity index (χ4n) is 0. The second kappa shape index (κ2) is 55.7. The average molecular weight is 737 g/mol. The van der Waals surface area contributed by atoms with Gasteiger partial charge in [0.2, 0.25) is 0 Å². The van der Waals surface area contributed by atoms with E-state index >= 15 is 0 Å². The van der Waals surface area contributed by atoms with Gasteiger partial charge in [-0.1, -0.05) is 0 Å². The molecule has 54 valence electrons. The molecule has 0 bridgehead atoms. The molecule has 0 aliphatic carbocycles. The Kier molecular flexibility index (Phi) is 611. The number of hydrogen-bond donors (Lipinski definition) is 2. The minimum atomic E-state index is 0. The SMILES string of the molecule is N.N.[I-].[I-].[I-].[I-].[Pt+4]. The summed E-state index contributed by atoms with van der Waals surface area (Å²) in [4.78, 5) is 0. The van der Waals surface area contributed by atoms with Crippen molar-refractivity contribution in [1.29, 1.82) is 0 Å². The fourth-order valence-corrected chi connectivity index (χ4v) is 0. The Morgan fingerprint density at radius 1 is 0.429 bits per heavy atom. The van der Waals surface area contributed by atoms with Crippen molar-refractivity contribution < 1.29 is 117 Å². The molecule has 6 N–H and O–H groups in total.